The summed E-state index contributed by atoms with van der Waals surface area (Å²) in [5.74, 6) is -1.64. The predicted molar refractivity (Wildman–Crippen MR) is 67.6 cm³/mol. The van der Waals surface area contributed by atoms with E-state index < -0.39 is 11.8 Å². The maximum atomic E-state index is 13.3. The van der Waals surface area contributed by atoms with Crippen molar-refractivity contribution in [1.82, 2.24) is 0 Å². The van der Waals surface area contributed by atoms with E-state index in [4.69, 9.17) is 9.84 Å². The Morgan fingerprint density at radius 3 is 2.61 bits per heavy atom. The van der Waals surface area contributed by atoms with E-state index in [1.807, 2.05) is 0 Å². The molecular weight excluding hydrogens is 235 g/mol. The molecule has 0 spiro atoms. The Morgan fingerprint density at radius 2 is 2.00 bits per heavy atom. The third-order valence-electron chi connectivity index (χ3n) is 2.69. The number of halogens is 1. The fraction of sp³-hybridized carbons (Fsp3) is 0.500. The van der Waals surface area contributed by atoms with Crippen LogP contribution in [0.15, 0.2) is 18.2 Å². The van der Waals surface area contributed by atoms with Crippen LogP contribution >= 0.6 is 0 Å². The van der Waals surface area contributed by atoms with Gasteiger partial charge in [-0.2, -0.15) is 0 Å². The summed E-state index contributed by atoms with van der Waals surface area (Å²) >= 11 is 0. The maximum Gasteiger partial charge on any atom is 0.338 e. The van der Waals surface area contributed by atoms with Gasteiger partial charge in [-0.3, -0.25) is 0 Å². The number of unbranched alkanes of at least 4 members (excludes halogenated alkanes) is 4. The van der Waals surface area contributed by atoms with Crippen LogP contribution in [-0.2, 0) is 0 Å². The second kappa shape index (κ2) is 7.69. The van der Waals surface area contributed by atoms with Crippen LogP contribution in [0.4, 0.5) is 4.39 Å². The molecule has 0 unspecified atom stereocenters. The van der Waals surface area contributed by atoms with E-state index in [9.17, 15) is 9.18 Å². The van der Waals surface area contributed by atoms with Crippen molar-refractivity contribution >= 4 is 5.97 Å². The van der Waals surface area contributed by atoms with Gasteiger partial charge in [0.15, 0.2) is 0 Å². The van der Waals surface area contributed by atoms with Gasteiger partial charge in [0.25, 0.3) is 0 Å². The molecule has 0 aliphatic carbocycles. The molecule has 0 heterocycles. The lowest BCUT2D eigenvalue weighted by Gasteiger charge is -2.07. The van der Waals surface area contributed by atoms with Crippen LogP contribution in [0.5, 0.6) is 5.75 Å². The summed E-state index contributed by atoms with van der Waals surface area (Å²) in [6.45, 7) is 2.69. The summed E-state index contributed by atoms with van der Waals surface area (Å²) in [5.41, 5.74) is -0.328. The minimum atomic E-state index is -1.27. The molecule has 0 amide bonds. The molecule has 3 nitrogen and oxygen atoms in total. The van der Waals surface area contributed by atoms with Crippen LogP contribution in [0.25, 0.3) is 0 Å². The number of ether oxygens (including phenoxy) is 1. The van der Waals surface area contributed by atoms with Crippen molar-refractivity contribution < 1.29 is 19.0 Å². The van der Waals surface area contributed by atoms with Gasteiger partial charge in [0, 0.05) is 6.07 Å². The number of aromatic carboxylic acids is 1. The minimum absolute atomic E-state index is 0.328. The first-order chi connectivity index (χ1) is 8.65. The highest BCUT2D eigenvalue weighted by atomic mass is 19.1. The van der Waals surface area contributed by atoms with Gasteiger partial charge < -0.3 is 9.84 Å². The van der Waals surface area contributed by atoms with E-state index in [2.05, 4.69) is 6.92 Å². The number of carboxylic acids is 1. The Hall–Kier alpha value is -1.58. The molecule has 0 saturated carbocycles. The fourth-order valence-corrected chi connectivity index (χ4v) is 1.65. The second-order valence-electron chi connectivity index (χ2n) is 4.21. The molecule has 0 aliphatic rings. The van der Waals surface area contributed by atoms with Gasteiger partial charge >= 0.3 is 5.97 Å². The van der Waals surface area contributed by atoms with Gasteiger partial charge in [-0.05, 0) is 18.6 Å². The summed E-state index contributed by atoms with van der Waals surface area (Å²) in [6, 6.07) is 3.83. The van der Waals surface area contributed by atoms with Crippen LogP contribution in [-0.4, -0.2) is 17.7 Å². The molecule has 0 bridgehead atoms. The SMILES string of the molecule is CCCCCCCOc1ccc(C(=O)O)c(F)c1. The van der Waals surface area contributed by atoms with Crippen molar-refractivity contribution in [3.05, 3.63) is 29.6 Å². The molecule has 0 saturated heterocycles. The largest absolute Gasteiger partial charge is 0.493 e. The molecule has 0 fully saturated rings. The van der Waals surface area contributed by atoms with E-state index in [1.165, 1.54) is 31.4 Å². The summed E-state index contributed by atoms with van der Waals surface area (Å²) in [5, 5.41) is 8.67. The van der Waals surface area contributed by atoms with E-state index in [0.717, 1.165) is 18.9 Å². The Bertz CT molecular complexity index is 391. The van der Waals surface area contributed by atoms with E-state index in [1.54, 1.807) is 0 Å². The molecular formula is C14H19FO3. The minimum Gasteiger partial charge on any atom is -0.493 e. The zero-order chi connectivity index (χ0) is 13.4. The van der Waals surface area contributed by atoms with Gasteiger partial charge in [0.2, 0.25) is 0 Å². The molecule has 0 aromatic heterocycles. The number of hydrogen-bond donors (Lipinski definition) is 1. The van der Waals surface area contributed by atoms with Crippen LogP contribution in [0, 0.1) is 5.82 Å². The molecule has 18 heavy (non-hydrogen) atoms. The standard InChI is InChI=1S/C14H19FO3/c1-2-3-4-5-6-9-18-11-7-8-12(14(16)17)13(15)10-11/h7-8,10H,2-6,9H2,1H3,(H,16,17). The lowest BCUT2D eigenvalue weighted by molar-refractivity contribution is 0.0692. The van der Waals surface area contributed by atoms with Gasteiger partial charge in [0.1, 0.15) is 11.6 Å². The first-order valence-electron chi connectivity index (χ1n) is 6.30. The molecule has 1 N–H and O–H groups in total. The lowest BCUT2D eigenvalue weighted by Crippen LogP contribution is -2.02. The summed E-state index contributed by atoms with van der Waals surface area (Å²) in [6.07, 6.45) is 5.64. The van der Waals surface area contributed by atoms with Crippen LogP contribution in [0.3, 0.4) is 0 Å². The van der Waals surface area contributed by atoms with Gasteiger partial charge in [-0.25, -0.2) is 9.18 Å². The van der Waals surface area contributed by atoms with Gasteiger partial charge in [0.05, 0.1) is 12.2 Å². The van der Waals surface area contributed by atoms with Crippen molar-refractivity contribution in [3.8, 4) is 5.75 Å². The molecule has 0 aliphatic heterocycles. The van der Waals surface area contributed by atoms with Crippen molar-refractivity contribution in [2.75, 3.05) is 6.61 Å². The molecule has 1 aromatic carbocycles. The molecule has 100 valence electrons. The summed E-state index contributed by atoms with van der Waals surface area (Å²) in [4.78, 5) is 10.6. The predicted octanol–water partition coefficient (Wildman–Crippen LogP) is 3.87. The fourth-order valence-electron chi connectivity index (χ4n) is 1.65. The van der Waals surface area contributed by atoms with E-state index in [-0.39, 0.29) is 5.56 Å². The zero-order valence-corrected chi connectivity index (χ0v) is 10.6. The third-order valence-corrected chi connectivity index (χ3v) is 2.69. The number of hydrogen-bond acceptors (Lipinski definition) is 2. The third kappa shape index (κ3) is 4.73. The van der Waals surface area contributed by atoms with E-state index in [0.29, 0.717) is 12.4 Å². The summed E-state index contributed by atoms with van der Waals surface area (Å²) in [7, 11) is 0. The Kier molecular flexibility index (Phi) is 6.19. The van der Waals surface area contributed by atoms with E-state index >= 15 is 0 Å². The molecule has 1 aromatic rings. The average molecular weight is 254 g/mol. The average Bonchev–Trinajstić information content (AvgIpc) is 2.33. The maximum absolute atomic E-state index is 13.3. The van der Waals surface area contributed by atoms with Crippen molar-refractivity contribution in [2.24, 2.45) is 0 Å². The van der Waals surface area contributed by atoms with Crippen molar-refractivity contribution in [1.29, 1.82) is 0 Å². The smallest absolute Gasteiger partial charge is 0.338 e. The molecule has 1 rings (SSSR count). The molecule has 4 heteroatoms. The Labute approximate surface area is 107 Å². The number of benzene rings is 1. The first-order valence-corrected chi connectivity index (χ1v) is 6.30. The lowest BCUT2D eigenvalue weighted by atomic mass is 10.2. The highest BCUT2D eigenvalue weighted by Gasteiger charge is 2.10. The Balaban J connectivity index is 2.35. The Morgan fingerprint density at radius 1 is 1.28 bits per heavy atom. The first kappa shape index (κ1) is 14.5. The van der Waals surface area contributed by atoms with Crippen molar-refractivity contribution in [2.45, 2.75) is 39.0 Å². The van der Waals surface area contributed by atoms with Crippen LogP contribution in [0.1, 0.15) is 49.4 Å². The number of carbonyl (C=O) groups is 1. The highest BCUT2D eigenvalue weighted by molar-refractivity contribution is 5.88. The van der Waals surface area contributed by atoms with Crippen molar-refractivity contribution in [3.63, 3.8) is 0 Å². The van der Waals surface area contributed by atoms with Gasteiger partial charge in [-0.1, -0.05) is 32.6 Å². The van der Waals surface area contributed by atoms with Crippen LogP contribution in [0.2, 0.25) is 0 Å². The topological polar surface area (TPSA) is 46.5 Å². The highest BCUT2D eigenvalue weighted by Crippen LogP contribution is 2.17. The second-order valence-corrected chi connectivity index (χ2v) is 4.21. The molecule has 0 radical (unpaired) electrons. The molecule has 0 atom stereocenters. The quantitative estimate of drug-likeness (QED) is 0.716. The summed E-state index contributed by atoms with van der Waals surface area (Å²) < 4.78 is 18.7. The number of carboxylic acid groups (broad SMARTS) is 1. The van der Waals surface area contributed by atoms with Gasteiger partial charge in [-0.15, -0.1) is 0 Å². The van der Waals surface area contributed by atoms with Crippen LogP contribution < -0.4 is 4.74 Å². The monoisotopic (exact) mass is 254 g/mol. The number of rotatable bonds is 8. The zero-order valence-electron chi connectivity index (χ0n) is 10.6. The normalized spacial score (nSPS) is 10.3.